The van der Waals surface area contributed by atoms with Crippen molar-refractivity contribution in [3.05, 3.63) is 11.5 Å². The van der Waals surface area contributed by atoms with Crippen molar-refractivity contribution in [3.8, 4) is 0 Å². The highest BCUT2D eigenvalue weighted by Crippen LogP contribution is 2.32. The summed E-state index contributed by atoms with van der Waals surface area (Å²) in [6.07, 6.45) is 0.833. The summed E-state index contributed by atoms with van der Waals surface area (Å²) in [5.41, 5.74) is 0.403. The van der Waals surface area contributed by atoms with Crippen LogP contribution in [0.1, 0.15) is 24.8 Å². The molecular formula is C11H17ClN2O3S. The first-order valence-corrected chi connectivity index (χ1v) is 7.87. The van der Waals surface area contributed by atoms with Crippen LogP contribution in [0, 0.1) is 19.8 Å². The molecule has 102 valence electrons. The van der Waals surface area contributed by atoms with Crippen molar-refractivity contribution in [1.29, 1.82) is 0 Å². The summed E-state index contributed by atoms with van der Waals surface area (Å²) in [6, 6.07) is -0.148. The van der Waals surface area contributed by atoms with E-state index in [2.05, 4.69) is 5.16 Å². The molecule has 1 aliphatic rings. The van der Waals surface area contributed by atoms with Crippen molar-refractivity contribution < 1.29 is 12.9 Å². The molecule has 0 saturated carbocycles. The molecule has 2 unspecified atom stereocenters. The molecule has 1 aromatic rings. The van der Waals surface area contributed by atoms with Crippen LogP contribution in [0.3, 0.4) is 0 Å². The Labute approximate surface area is 112 Å². The van der Waals surface area contributed by atoms with E-state index in [0.717, 1.165) is 6.42 Å². The maximum Gasteiger partial charge on any atom is 0.248 e. The molecule has 2 atom stereocenters. The van der Waals surface area contributed by atoms with Crippen LogP contribution in [-0.2, 0) is 10.0 Å². The molecule has 0 radical (unpaired) electrons. The van der Waals surface area contributed by atoms with E-state index in [1.54, 1.807) is 13.8 Å². The molecule has 0 N–H and O–H groups in total. The zero-order chi connectivity index (χ0) is 13.5. The zero-order valence-corrected chi connectivity index (χ0v) is 12.3. The zero-order valence-electron chi connectivity index (χ0n) is 10.7. The number of aryl methyl sites for hydroxylation is 2. The Kier molecular flexibility index (Phi) is 3.71. The van der Waals surface area contributed by atoms with Gasteiger partial charge in [-0.1, -0.05) is 12.1 Å². The van der Waals surface area contributed by atoms with Crippen LogP contribution in [0.2, 0.25) is 0 Å². The quantitative estimate of drug-likeness (QED) is 0.799. The first-order chi connectivity index (χ1) is 8.39. The summed E-state index contributed by atoms with van der Waals surface area (Å²) in [6.45, 7) is 5.78. The fourth-order valence-corrected chi connectivity index (χ4v) is 5.04. The van der Waals surface area contributed by atoms with E-state index in [4.69, 9.17) is 16.1 Å². The van der Waals surface area contributed by atoms with Crippen molar-refractivity contribution in [2.75, 3.05) is 12.4 Å². The Morgan fingerprint density at radius 2 is 2.17 bits per heavy atom. The number of hydrogen-bond donors (Lipinski definition) is 0. The second-order valence-corrected chi connectivity index (χ2v) is 6.89. The molecule has 1 saturated heterocycles. The van der Waals surface area contributed by atoms with E-state index in [1.165, 1.54) is 4.31 Å². The molecule has 1 aliphatic heterocycles. The van der Waals surface area contributed by atoms with E-state index in [-0.39, 0.29) is 16.9 Å². The van der Waals surface area contributed by atoms with Gasteiger partial charge >= 0.3 is 0 Å². The van der Waals surface area contributed by atoms with Gasteiger partial charge in [-0.05, 0) is 26.2 Å². The Balaban J connectivity index is 2.44. The van der Waals surface area contributed by atoms with E-state index < -0.39 is 10.0 Å². The van der Waals surface area contributed by atoms with Crippen molar-refractivity contribution >= 4 is 21.6 Å². The molecule has 0 bridgehead atoms. The first-order valence-electron chi connectivity index (χ1n) is 5.90. The molecule has 2 heterocycles. The fourth-order valence-electron chi connectivity index (χ4n) is 2.46. The number of hydrogen-bond acceptors (Lipinski definition) is 4. The standard InChI is InChI=1S/C11H17ClN2O3S/c1-7-4-5-14(10(7)6-12)18(15,16)11-8(2)13-17-9(11)3/h7,10H,4-6H2,1-3H3. The first kappa shape index (κ1) is 13.8. The highest BCUT2D eigenvalue weighted by atomic mass is 35.5. The van der Waals surface area contributed by atoms with Crippen LogP contribution < -0.4 is 0 Å². The van der Waals surface area contributed by atoms with Gasteiger partial charge in [0.1, 0.15) is 10.6 Å². The lowest BCUT2D eigenvalue weighted by molar-refractivity contribution is 0.371. The van der Waals surface area contributed by atoms with Crippen molar-refractivity contribution in [2.24, 2.45) is 5.92 Å². The number of sulfonamides is 1. The molecule has 0 spiro atoms. The summed E-state index contributed by atoms with van der Waals surface area (Å²) < 4.78 is 31.7. The second-order valence-electron chi connectivity index (χ2n) is 4.76. The van der Waals surface area contributed by atoms with Crippen LogP contribution in [0.15, 0.2) is 9.42 Å². The van der Waals surface area contributed by atoms with Gasteiger partial charge in [0.15, 0.2) is 5.76 Å². The van der Waals surface area contributed by atoms with Gasteiger partial charge in [-0.2, -0.15) is 4.31 Å². The molecular weight excluding hydrogens is 276 g/mol. The SMILES string of the molecule is Cc1noc(C)c1S(=O)(=O)N1CCC(C)C1CCl. The summed E-state index contributed by atoms with van der Waals surface area (Å²) in [4.78, 5) is 0.187. The van der Waals surface area contributed by atoms with Gasteiger partial charge in [0.05, 0.1) is 0 Å². The topological polar surface area (TPSA) is 63.4 Å². The molecule has 18 heavy (non-hydrogen) atoms. The average Bonchev–Trinajstić information content (AvgIpc) is 2.82. The molecule has 2 rings (SSSR count). The third kappa shape index (κ3) is 2.06. The normalized spacial score (nSPS) is 25.8. The maximum absolute atomic E-state index is 12.6. The lowest BCUT2D eigenvalue weighted by Gasteiger charge is -2.24. The van der Waals surface area contributed by atoms with Crippen molar-refractivity contribution in [1.82, 2.24) is 9.46 Å². The van der Waals surface area contributed by atoms with Crippen LogP contribution >= 0.6 is 11.6 Å². The third-order valence-electron chi connectivity index (χ3n) is 3.52. The maximum atomic E-state index is 12.6. The van der Waals surface area contributed by atoms with Crippen LogP contribution in [-0.4, -0.2) is 36.3 Å². The van der Waals surface area contributed by atoms with Gasteiger partial charge in [0.25, 0.3) is 0 Å². The number of rotatable bonds is 3. The van der Waals surface area contributed by atoms with Gasteiger partial charge in [0, 0.05) is 18.5 Å². The molecule has 5 nitrogen and oxygen atoms in total. The van der Waals surface area contributed by atoms with Crippen LogP contribution in [0.25, 0.3) is 0 Å². The highest BCUT2D eigenvalue weighted by molar-refractivity contribution is 7.89. The van der Waals surface area contributed by atoms with Crippen molar-refractivity contribution in [3.63, 3.8) is 0 Å². The van der Waals surface area contributed by atoms with Gasteiger partial charge in [-0.15, -0.1) is 11.6 Å². The Bertz CT molecular complexity index is 521. The Hall–Kier alpha value is -0.590. The summed E-state index contributed by atoms with van der Waals surface area (Å²) in [5, 5.41) is 3.71. The highest BCUT2D eigenvalue weighted by Gasteiger charge is 2.41. The molecule has 0 aromatic carbocycles. The Morgan fingerprint density at radius 1 is 1.50 bits per heavy atom. The monoisotopic (exact) mass is 292 g/mol. The minimum atomic E-state index is -3.56. The number of nitrogens with zero attached hydrogens (tertiary/aromatic N) is 2. The van der Waals surface area contributed by atoms with Crippen LogP contribution in [0.5, 0.6) is 0 Å². The lowest BCUT2D eigenvalue weighted by Crippen LogP contribution is -2.39. The molecule has 7 heteroatoms. The summed E-state index contributed by atoms with van der Waals surface area (Å²) >= 11 is 5.90. The molecule has 1 aromatic heterocycles. The van der Waals surface area contributed by atoms with Crippen molar-refractivity contribution in [2.45, 2.75) is 38.1 Å². The van der Waals surface area contributed by atoms with E-state index in [1.807, 2.05) is 6.92 Å². The number of alkyl halides is 1. The Morgan fingerprint density at radius 3 is 2.67 bits per heavy atom. The number of aromatic nitrogens is 1. The van der Waals surface area contributed by atoms with Gasteiger partial charge in [-0.3, -0.25) is 0 Å². The largest absolute Gasteiger partial charge is 0.360 e. The molecule has 0 aliphatic carbocycles. The van der Waals surface area contributed by atoms with Gasteiger partial charge in [-0.25, -0.2) is 8.42 Å². The predicted octanol–water partition coefficient (Wildman–Crippen LogP) is 1.93. The van der Waals surface area contributed by atoms with Crippen LogP contribution in [0.4, 0.5) is 0 Å². The minimum Gasteiger partial charge on any atom is -0.360 e. The van der Waals surface area contributed by atoms with E-state index >= 15 is 0 Å². The van der Waals surface area contributed by atoms with E-state index in [9.17, 15) is 8.42 Å². The third-order valence-corrected chi connectivity index (χ3v) is 6.01. The van der Waals surface area contributed by atoms with Gasteiger partial charge < -0.3 is 4.52 Å². The van der Waals surface area contributed by atoms with Gasteiger partial charge in [0.2, 0.25) is 10.0 Å². The fraction of sp³-hybridized carbons (Fsp3) is 0.727. The molecule has 0 amide bonds. The average molecular weight is 293 g/mol. The predicted molar refractivity (Wildman–Crippen MR) is 68.2 cm³/mol. The molecule has 1 fully saturated rings. The van der Waals surface area contributed by atoms with E-state index in [0.29, 0.717) is 23.9 Å². The smallest absolute Gasteiger partial charge is 0.248 e. The summed E-state index contributed by atoms with van der Waals surface area (Å²) in [5.74, 6) is 0.919. The lowest BCUT2D eigenvalue weighted by atomic mass is 10.1. The second kappa shape index (κ2) is 4.83. The number of halogens is 1. The minimum absolute atomic E-state index is 0.148. The summed E-state index contributed by atoms with van der Waals surface area (Å²) in [7, 11) is -3.56.